The molecular formula is C22H31F3N4O5. The zero-order chi connectivity index (χ0) is 25.5. The van der Waals surface area contributed by atoms with Crippen molar-refractivity contribution in [1.29, 1.82) is 0 Å². The quantitative estimate of drug-likeness (QED) is 0.563. The van der Waals surface area contributed by atoms with Gasteiger partial charge >= 0.3 is 24.3 Å². The van der Waals surface area contributed by atoms with E-state index in [1.165, 1.54) is 12.8 Å². The molecule has 4 N–H and O–H groups in total. The van der Waals surface area contributed by atoms with Crippen LogP contribution in [-0.2, 0) is 9.53 Å². The number of carbonyl (C=O) groups is 3. The second-order valence-electron chi connectivity index (χ2n) is 8.29. The third-order valence-corrected chi connectivity index (χ3v) is 6.10. The monoisotopic (exact) mass is 488 g/mol. The van der Waals surface area contributed by atoms with Gasteiger partial charge < -0.3 is 25.8 Å². The van der Waals surface area contributed by atoms with Crippen molar-refractivity contribution in [2.45, 2.75) is 50.9 Å². The number of alkyl halides is 3. The number of carboxylic acids is 1. The number of amides is 3. The van der Waals surface area contributed by atoms with Crippen LogP contribution in [0.25, 0.3) is 0 Å². The van der Waals surface area contributed by atoms with Crippen molar-refractivity contribution in [3.63, 3.8) is 0 Å². The van der Waals surface area contributed by atoms with Crippen LogP contribution in [0, 0.1) is 5.92 Å². The third-order valence-electron chi connectivity index (χ3n) is 6.10. The third kappa shape index (κ3) is 7.24. The number of nitrogens with two attached hydrogens (primary N) is 1. The second-order valence-corrected chi connectivity index (χ2v) is 8.29. The molecule has 0 spiro atoms. The Hall–Kier alpha value is -3.02. The van der Waals surface area contributed by atoms with Crippen molar-refractivity contribution in [3.8, 4) is 0 Å². The highest BCUT2D eigenvalue weighted by Crippen LogP contribution is 2.28. The predicted octanol–water partition coefficient (Wildman–Crippen LogP) is 3.50. The van der Waals surface area contributed by atoms with Crippen molar-refractivity contribution >= 4 is 23.8 Å². The Morgan fingerprint density at radius 3 is 2.44 bits per heavy atom. The summed E-state index contributed by atoms with van der Waals surface area (Å²) in [5.41, 5.74) is 7.67. The highest BCUT2D eigenvalue weighted by molar-refractivity contribution is 5.89. The number of halogens is 3. The first-order valence-corrected chi connectivity index (χ1v) is 11.0. The van der Waals surface area contributed by atoms with Gasteiger partial charge in [-0.2, -0.15) is 13.2 Å². The van der Waals surface area contributed by atoms with Crippen LogP contribution in [-0.4, -0.2) is 67.1 Å². The molecule has 1 aliphatic carbocycles. The molecule has 1 aliphatic heterocycles. The molecule has 34 heavy (non-hydrogen) atoms. The lowest BCUT2D eigenvalue weighted by Gasteiger charge is -2.30. The van der Waals surface area contributed by atoms with E-state index in [9.17, 15) is 22.8 Å². The Labute approximate surface area is 196 Å². The number of carboxylic acid groups (broad SMARTS) is 1. The standard InChI is InChI=1S/C20H30N4O3.C2HF3O2/c1-14(16-8-5-9-17(12-16)24-10-11-27-20(24)26)23(2)19(25)22-18(13-21)15-6-3-4-7-15;3-2(4,5)1(6)7/h5,8-9,12,14-15,18H,3-4,6-7,10-11,13,21H2,1-2H3,(H,22,25);(H,6,7). The fourth-order valence-corrected chi connectivity index (χ4v) is 3.97. The number of benzene rings is 1. The van der Waals surface area contributed by atoms with E-state index < -0.39 is 12.1 Å². The van der Waals surface area contributed by atoms with Crippen molar-refractivity contribution in [1.82, 2.24) is 10.2 Å². The molecule has 9 nitrogen and oxygen atoms in total. The number of urea groups is 1. The maximum Gasteiger partial charge on any atom is 0.490 e. The van der Waals surface area contributed by atoms with E-state index >= 15 is 0 Å². The summed E-state index contributed by atoms with van der Waals surface area (Å²) in [6.45, 7) is 3.40. The van der Waals surface area contributed by atoms with Gasteiger partial charge in [0, 0.05) is 25.3 Å². The van der Waals surface area contributed by atoms with Gasteiger partial charge in [0.25, 0.3) is 0 Å². The summed E-state index contributed by atoms with van der Waals surface area (Å²) in [6, 6.07) is 7.48. The summed E-state index contributed by atoms with van der Waals surface area (Å²) in [5.74, 6) is -2.28. The van der Waals surface area contributed by atoms with Crippen LogP contribution in [0.4, 0.5) is 28.4 Å². The minimum Gasteiger partial charge on any atom is -0.475 e. The Morgan fingerprint density at radius 2 is 1.94 bits per heavy atom. The fraction of sp³-hybridized carbons (Fsp3) is 0.591. The Bertz CT molecular complexity index is 861. The number of nitrogens with one attached hydrogen (secondary N) is 1. The number of aliphatic carboxylic acids is 1. The average Bonchev–Trinajstić information content (AvgIpc) is 3.48. The van der Waals surface area contributed by atoms with E-state index in [0.717, 1.165) is 24.1 Å². The first-order chi connectivity index (χ1) is 16.0. The lowest BCUT2D eigenvalue weighted by molar-refractivity contribution is -0.192. The summed E-state index contributed by atoms with van der Waals surface area (Å²) >= 11 is 0. The number of anilines is 1. The first-order valence-electron chi connectivity index (χ1n) is 11.0. The van der Waals surface area contributed by atoms with Crippen LogP contribution in [0.3, 0.4) is 0 Å². The van der Waals surface area contributed by atoms with E-state index in [0.29, 0.717) is 25.6 Å². The molecule has 1 saturated carbocycles. The van der Waals surface area contributed by atoms with E-state index in [4.69, 9.17) is 20.4 Å². The van der Waals surface area contributed by atoms with E-state index in [-0.39, 0.29) is 24.2 Å². The summed E-state index contributed by atoms with van der Waals surface area (Å²) in [6.07, 6.45) is -0.706. The van der Waals surface area contributed by atoms with Gasteiger partial charge in [0.15, 0.2) is 0 Å². The van der Waals surface area contributed by atoms with Gasteiger partial charge in [-0.25, -0.2) is 14.4 Å². The summed E-state index contributed by atoms with van der Waals surface area (Å²) in [5, 5.41) is 10.2. The van der Waals surface area contributed by atoms with Crippen molar-refractivity contribution in [3.05, 3.63) is 29.8 Å². The highest BCUT2D eigenvalue weighted by atomic mass is 19.4. The van der Waals surface area contributed by atoms with Gasteiger partial charge in [-0.3, -0.25) is 4.90 Å². The maximum atomic E-state index is 12.8. The molecular weight excluding hydrogens is 457 g/mol. The lowest BCUT2D eigenvalue weighted by atomic mass is 9.98. The Balaban J connectivity index is 0.000000509. The molecule has 0 aromatic heterocycles. The van der Waals surface area contributed by atoms with Crippen molar-refractivity contribution in [2.75, 3.05) is 31.6 Å². The van der Waals surface area contributed by atoms with E-state index in [2.05, 4.69) is 5.32 Å². The number of carbonyl (C=O) groups excluding carboxylic acids is 2. The van der Waals surface area contributed by atoms with E-state index in [1.807, 2.05) is 31.2 Å². The van der Waals surface area contributed by atoms with Crippen LogP contribution >= 0.6 is 0 Å². The largest absolute Gasteiger partial charge is 0.490 e. The molecule has 1 aromatic rings. The highest BCUT2D eigenvalue weighted by Gasteiger charge is 2.38. The van der Waals surface area contributed by atoms with Crippen LogP contribution in [0.5, 0.6) is 0 Å². The molecule has 2 aliphatic rings. The minimum absolute atomic E-state index is 0.0281. The molecule has 3 rings (SSSR count). The van der Waals surface area contributed by atoms with Gasteiger partial charge in [0.2, 0.25) is 0 Å². The summed E-state index contributed by atoms with van der Waals surface area (Å²) < 4.78 is 36.7. The molecule has 1 heterocycles. The molecule has 3 amide bonds. The van der Waals surface area contributed by atoms with Crippen LogP contribution < -0.4 is 16.0 Å². The number of hydrogen-bond acceptors (Lipinski definition) is 5. The maximum absolute atomic E-state index is 12.8. The van der Waals surface area contributed by atoms with Crippen molar-refractivity contribution < 1.29 is 37.4 Å². The molecule has 2 fully saturated rings. The van der Waals surface area contributed by atoms with Gasteiger partial charge in [-0.15, -0.1) is 0 Å². The summed E-state index contributed by atoms with van der Waals surface area (Å²) in [7, 11) is 1.79. The first kappa shape index (κ1) is 27.2. The molecule has 1 saturated heterocycles. The average molecular weight is 489 g/mol. The smallest absolute Gasteiger partial charge is 0.475 e. The van der Waals surface area contributed by atoms with Gasteiger partial charge in [-0.05, 0) is 43.4 Å². The molecule has 0 radical (unpaired) electrons. The SMILES string of the molecule is CC(c1cccc(N2CCOC2=O)c1)N(C)C(=O)NC(CN)C1CCCC1.O=C(O)C(F)(F)F. The normalized spacial score (nSPS) is 17.9. The number of hydrogen-bond donors (Lipinski definition) is 3. The summed E-state index contributed by atoms with van der Waals surface area (Å²) in [4.78, 5) is 36.7. The lowest BCUT2D eigenvalue weighted by Crippen LogP contribution is -2.49. The number of cyclic esters (lactones) is 1. The van der Waals surface area contributed by atoms with Gasteiger partial charge in [-0.1, -0.05) is 25.0 Å². The number of nitrogens with zero attached hydrogens (tertiary/aromatic N) is 2. The topological polar surface area (TPSA) is 125 Å². The fourth-order valence-electron chi connectivity index (χ4n) is 3.97. The molecule has 190 valence electrons. The zero-order valence-electron chi connectivity index (χ0n) is 19.2. The molecule has 0 bridgehead atoms. The van der Waals surface area contributed by atoms with Crippen LogP contribution in [0.1, 0.15) is 44.2 Å². The number of ether oxygens (including phenoxy) is 1. The molecule has 1 aromatic carbocycles. The minimum atomic E-state index is -5.08. The van der Waals surface area contributed by atoms with Crippen LogP contribution in [0.2, 0.25) is 0 Å². The van der Waals surface area contributed by atoms with E-state index in [1.54, 1.807) is 16.8 Å². The zero-order valence-corrected chi connectivity index (χ0v) is 19.2. The molecule has 12 heteroatoms. The molecule has 2 unspecified atom stereocenters. The number of rotatable bonds is 6. The van der Waals surface area contributed by atoms with Gasteiger partial charge in [0.05, 0.1) is 12.6 Å². The molecule has 2 atom stereocenters. The van der Waals surface area contributed by atoms with Crippen LogP contribution in [0.15, 0.2) is 24.3 Å². The second kappa shape index (κ2) is 11.9. The van der Waals surface area contributed by atoms with Gasteiger partial charge in [0.1, 0.15) is 6.61 Å². The Morgan fingerprint density at radius 1 is 1.32 bits per heavy atom. The Kier molecular flexibility index (Phi) is 9.54. The predicted molar refractivity (Wildman–Crippen MR) is 118 cm³/mol. The van der Waals surface area contributed by atoms with Crippen molar-refractivity contribution in [2.24, 2.45) is 11.7 Å².